The van der Waals surface area contributed by atoms with Crippen molar-refractivity contribution in [1.29, 1.82) is 0 Å². The van der Waals surface area contributed by atoms with E-state index in [1.165, 1.54) is 4.90 Å². The van der Waals surface area contributed by atoms with Crippen LogP contribution in [0.5, 0.6) is 6.01 Å². The third-order valence-corrected chi connectivity index (χ3v) is 2.62. The van der Waals surface area contributed by atoms with Crippen LogP contribution in [0.25, 0.3) is 0 Å². The highest BCUT2D eigenvalue weighted by atomic mass is 16.5. The Hall–Kier alpha value is -2.43. The van der Waals surface area contributed by atoms with E-state index in [2.05, 4.69) is 9.97 Å². The number of nitrogens with zero attached hydrogens (tertiary/aromatic N) is 3. The second-order valence-electron chi connectivity index (χ2n) is 4.06. The summed E-state index contributed by atoms with van der Waals surface area (Å²) in [4.78, 5) is 21.5. The molecule has 1 aromatic heterocycles. The molecule has 0 spiro atoms. The minimum absolute atomic E-state index is 0.0884. The summed E-state index contributed by atoms with van der Waals surface area (Å²) < 4.78 is 5.28. The molecule has 0 aliphatic heterocycles. The number of benzene rings is 1. The third kappa shape index (κ3) is 3.51. The zero-order valence-corrected chi connectivity index (χ0v) is 10.9. The molecule has 0 unspecified atom stereocenters. The van der Waals surface area contributed by atoms with E-state index >= 15 is 0 Å². The number of aromatic nitrogens is 2. The number of carbonyl (C=O) groups excluding carboxylic acids is 1. The Balaban J connectivity index is 1.95. The fourth-order valence-electron chi connectivity index (χ4n) is 1.51. The van der Waals surface area contributed by atoms with Crippen molar-refractivity contribution in [3.05, 3.63) is 48.3 Å². The fraction of sp³-hybridized carbons (Fsp3) is 0.214. The first kappa shape index (κ1) is 13.0. The van der Waals surface area contributed by atoms with Crippen LogP contribution < -0.4 is 9.64 Å². The van der Waals surface area contributed by atoms with Gasteiger partial charge < -0.3 is 9.64 Å². The highest BCUT2D eigenvalue weighted by molar-refractivity contribution is 5.93. The summed E-state index contributed by atoms with van der Waals surface area (Å²) in [7, 11) is 1.71. The van der Waals surface area contributed by atoms with Gasteiger partial charge in [-0.25, -0.2) is 9.97 Å². The molecular weight excluding hydrogens is 242 g/mol. The number of para-hydroxylation sites is 1. The molecule has 2 aromatic rings. The monoisotopic (exact) mass is 257 g/mol. The van der Waals surface area contributed by atoms with Crippen molar-refractivity contribution in [2.24, 2.45) is 0 Å². The highest BCUT2D eigenvalue weighted by Gasteiger charge is 2.11. The summed E-state index contributed by atoms with van der Waals surface area (Å²) in [6, 6.07) is 11.4. The van der Waals surface area contributed by atoms with E-state index in [1.54, 1.807) is 19.3 Å². The maximum atomic E-state index is 11.9. The van der Waals surface area contributed by atoms with Crippen molar-refractivity contribution < 1.29 is 9.53 Å². The van der Waals surface area contributed by atoms with Crippen LogP contribution in [0.2, 0.25) is 0 Å². The average molecular weight is 257 g/mol. The van der Waals surface area contributed by atoms with E-state index in [9.17, 15) is 4.79 Å². The molecule has 98 valence electrons. The Labute approximate surface area is 111 Å². The van der Waals surface area contributed by atoms with Crippen LogP contribution in [0.1, 0.15) is 5.69 Å². The SMILES string of the molecule is Cc1ccnc(OCC(=O)N(C)c2ccccc2)n1. The molecule has 0 aliphatic carbocycles. The molecule has 5 nitrogen and oxygen atoms in total. The van der Waals surface area contributed by atoms with Crippen LogP contribution in [0.3, 0.4) is 0 Å². The smallest absolute Gasteiger partial charge is 0.317 e. The number of hydrogen-bond donors (Lipinski definition) is 0. The molecule has 0 saturated carbocycles. The van der Waals surface area contributed by atoms with Gasteiger partial charge in [0.2, 0.25) is 0 Å². The predicted molar refractivity (Wildman–Crippen MR) is 72.1 cm³/mol. The van der Waals surface area contributed by atoms with Crippen LogP contribution in [0.4, 0.5) is 5.69 Å². The summed E-state index contributed by atoms with van der Waals surface area (Å²) in [5, 5.41) is 0. The molecule has 2 rings (SSSR count). The molecule has 0 saturated heterocycles. The zero-order chi connectivity index (χ0) is 13.7. The molecule has 0 aliphatic rings. The van der Waals surface area contributed by atoms with Crippen molar-refractivity contribution in [2.75, 3.05) is 18.6 Å². The van der Waals surface area contributed by atoms with Crippen LogP contribution >= 0.6 is 0 Å². The van der Waals surface area contributed by atoms with E-state index in [0.717, 1.165) is 11.4 Å². The lowest BCUT2D eigenvalue weighted by molar-refractivity contribution is -0.120. The van der Waals surface area contributed by atoms with Gasteiger partial charge in [0.1, 0.15) is 0 Å². The van der Waals surface area contributed by atoms with Crippen LogP contribution in [0.15, 0.2) is 42.6 Å². The molecule has 0 N–H and O–H groups in total. The van der Waals surface area contributed by atoms with Crippen molar-refractivity contribution in [2.45, 2.75) is 6.92 Å². The summed E-state index contributed by atoms with van der Waals surface area (Å²) in [5.74, 6) is -0.156. The summed E-state index contributed by atoms with van der Waals surface area (Å²) in [5.41, 5.74) is 1.62. The summed E-state index contributed by atoms with van der Waals surface area (Å²) in [6.45, 7) is 1.75. The van der Waals surface area contributed by atoms with Crippen molar-refractivity contribution in [1.82, 2.24) is 9.97 Å². The maximum Gasteiger partial charge on any atom is 0.317 e. The van der Waals surface area contributed by atoms with Gasteiger partial charge in [0, 0.05) is 24.6 Å². The Morgan fingerprint density at radius 2 is 2.00 bits per heavy atom. The number of carbonyl (C=O) groups is 1. The molecule has 1 aromatic carbocycles. The predicted octanol–water partition coefficient (Wildman–Crippen LogP) is 1.83. The minimum Gasteiger partial charge on any atom is -0.453 e. The van der Waals surface area contributed by atoms with E-state index in [1.807, 2.05) is 37.3 Å². The van der Waals surface area contributed by atoms with Gasteiger partial charge >= 0.3 is 6.01 Å². The lowest BCUT2D eigenvalue weighted by Gasteiger charge is -2.16. The van der Waals surface area contributed by atoms with Crippen LogP contribution in [0, 0.1) is 6.92 Å². The highest BCUT2D eigenvalue weighted by Crippen LogP contribution is 2.11. The molecule has 1 heterocycles. The molecule has 0 bridgehead atoms. The Bertz CT molecular complexity index is 558. The first-order valence-electron chi connectivity index (χ1n) is 5.91. The van der Waals surface area contributed by atoms with Gasteiger partial charge in [0.15, 0.2) is 6.61 Å². The first-order valence-corrected chi connectivity index (χ1v) is 5.91. The summed E-state index contributed by atoms with van der Waals surface area (Å²) in [6.07, 6.45) is 1.60. The van der Waals surface area contributed by atoms with Gasteiger partial charge in [-0.15, -0.1) is 0 Å². The standard InChI is InChI=1S/C14H15N3O2/c1-11-8-9-15-14(16-11)19-10-13(18)17(2)12-6-4-3-5-7-12/h3-9H,10H2,1-2H3. The summed E-state index contributed by atoms with van der Waals surface area (Å²) >= 11 is 0. The molecule has 0 fully saturated rings. The van der Waals surface area contributed by atoms with E-state index in [0.29, 0.717) is 0 Å². The van der Waals surface area contributed by atoms with Crippen LogP contribution in [-0.2, 0) is 4.79 Å². The second-order valence-corrected chi connectivity index (χ2v) is 4.06. The lowest BCUT2D eigenvalue weighted by Crippen LogP contribution is -2.31. The van der Waals surface area contributed by atoms with E-state index in [-0.39, 0.29) is 18.5 Å². The molecule has 5 heteroatoms. The fourth-order valence-corrected chi connectivity index (χ4v) is 1.51. The number of anilines is 1. The molecule has 19 heavy (non-hydrogen) atoms. The number of amides is 1. The molecule has 0 radical (unpaired) electrons. The Morgan fingerprint density at radius 3 is 2.68 bits per heavy atom. The van der Waals surface area contributed by atoms with Crippen molar-refractivity contribution in [3.8, 4) is 6.01 Å². The Morgan fingerprint density at radius 1 is 1.26 bits per heavy atom. The largest absolute Gasteiger partial charge is 0.453 e. The Kier molecular flexibility index (Phi) is 4.07. The number of ether oxygens (including phenoxy) is 1. The van der Waals surface area contributed by atoms with Gasteiger partial charge in [0.05, 0.1) is 0 Å². The quantitative estimate of drug-likeness (QED) is 0.838. The number of rotatable bonds is 4. The van der Waals surface area contributed by atoms with Gasteiger partial charge in [-0.1, -0.05) is 18.2 Å². The maximum absolute atomic E-state index is 11.9. The third-order valence-electron chi connectivity index (χ3n) is 2.62. The minimum atomic E-state index is -0.156. The topological polar surface area (TPSA) is 55.3 Å². The number of hydrogen-bond acceptors (Lipinski definition) is 4. The van der Waals surface area contributed by atoms with Crippen molar-refractivity contribution >= 4 is 11.6 Å². The normalized spacial score (nSPS) is 10.0. The van der Waals surface area contributed by atoms with Crippen LogP contribution in [-0.4, -0.2) is 29.5 Å². The van der Waals surface area contributed by atoms with Gasteiger partial charge in [-0.2, -0.15) is 0 Å². The van der Waals surface area contributed by atoms with Crippen molar-refractivity contribution in [3.63, 3.8) is 0 Å². The number of likely N-dealkylation sites (N-methyl/N-ethyl adjacent to an activating group) is 1. The molecule has 0 atom stereocenters. The van der Waals surface area contributed by atoms with E-state index < -0.39 is 0 Å². The van der Waals surface area contributed by atoms with Gasteiger partial charge in [0.25, 0.3) is 5.91 Å². The molecule has 1 amide bonds. The average Bonchev–Trinajstić information content (AvgIpc) is 2.45. The van der Waals surface area contributed by atoms with E-state index in [4.69, 9.17) is 4.74 Å². The zero-order valence-electron chi connectivity index (χ0n) is 10.9. The first-order chi connectivity index (χ1) is 9.16. The van der Waals surface area contributed by atoms with Gasteiger partial charge in [-0.05, 0) is 25.1 Å². The lowest BCUT2D eigenvalue weighted by atomic mass is 10.3. The number of aryl methyl sites for hydroxylation is 1. The molecular formula is C14H15N3O2. The van der Waals surface area contributed by atoms with Gasteiger partial charge in [-0.3, -0.25) is 4.79 Å². The second kappa shape index (κ2) is 5.95.